The van der Waals surface area contributed by atoms with E-state index in [1.165, 1.54) is 17.9 Å². The van der Waals surface area contributed by atoms with Crippen LogP contribution in [0.3, 0.4) is 0 Å². The van der Waals surface area contributed by atoms with Crippen molar-refractivity contribution in [1.82, 2.24) is 0 Å². The quantitative estimate of drug-likeness (QED) is 0.713. The summed E-state index contributed by atoms with van der Waals surface area (Å²) in [7, 11) is 0. The Balaban J connectivity index is 2.09. The predicted molar refractivity (Wildman–Crippen MR) is 71.1 cm³/mol. The van der Waals surface area contributed by atoms with Gasteiger partial charge in [0.1, 0.15) is 6.29 Å². The normalized spacial score (nSPS) is 32.5. The van der Waals surface area contributed by atoms with Crippen molar-refractivity contribution in [2.45, 2.75) is 55.3 Å². The Morgan fingerprint density at radius 2 is 2.06 bits per heavy atom. The Kier molecular flexibility index (Phi) is 3.92. The number of aldehydes is 1. The summed E-state index contributed by atoms with van der Waals surface area (Å²) in [6, 6.07) is 0. The second-order valence-corrected chi connectivity index (χ2v) is 8.46. The van der Waals surface area contributed by atoms with Gasteiger partial charge in [0, 0.05) is 6.42 Å². The molecule has 2 heterocycles. The number of hydrogen-bond acceptors (Lipinski definition) is 4. The summed E-state index contributed by atoms with van der Waals surface area (Å²) in [6.07, 6.45) is 5.12. The second-order valence-electron chi connectivity index (χ2n) is 5.24. The maximum atomic E-state index is 10.7. The summed E-state index contributed by atoms with van der Waals surface area (Å²) in [4.78, 5) is 10.7. The number of ether oxygens (including phenoxy) is 1. The zero-order valence-electron chi connectivity index (χ0n) is 10.0. The van der Waals surface area contributed by atoms with Crippen LogP contribution in [-0.4, -0.2) is 33.6 Å². The molecule has 0 aromatic rings. The van der Waals surface area contributed by atoms with Gasteiger partial charge in [-0.2, -0.15) is 0 Å². The van der Waals surface area contributed by atoms with E-state index in [4.69, 9.17) is 4.74 Å². The highest BCUT2D eigenvalue weighted by Gasteiger charge is 2.46. The van der Waals surface area contributed by atoms with Crippen molar-refractivity contribution in [1.29, 1.82) is 0 Å². The van der Waals surface area contributed by atoms with E-state index >= 15 is 0 Å². The highest BCUT2D eigenvalue weighted by atomic mass is 32.2. The zero-order chi connectivity index (χ0) is 11.6. The van der Waals surface area contributed by atoms with E-state index in [1.54, 1.807) is 0 Å². The van der Waals surface area contributed by atoms with Crippen molar-refractivity contribution in [2.24, 2.45) is 0 Å². The molecule has 1 atom stereocenters. The van der Waals surface area contributed by atoms with E-state index in [2.05, 4.69) is 37.4 Å². The van der Waals surface area contributed by atoms with Crippen LogP contribution in [0.5, 0.6) is 0 Å². The average Bonchev–Trinajstić information content (AvgIpc) is 2.16. The molecule has 1 spiro atoms. The molecule has 92 valence electrons. The molecule has 16 heavy (non-hydrogen) atoms. The zero-order valence-corrected chi connectivity index (χ0v) is 11.7. The molecule has 2 fully saturated rings. The summed E-state index contributed by atoms with van der Waals surface area (Å²) >= 11 is 4.17. The predicted octanol–water partition coefficient (Wildman–Crippen LogP) is 3.10. The topological polar surface area (TPSA) is 26.3 Å². The van der Waals surface area contributed by atoms with Crippen molar-refractivity contribution in [3.8, 4) is 0 Å². The molecule has 2 nitrogen and oxygen atoms in total. The average molecular weight is 260 g/mol. The standard InChI is InChI=1S/C12H20O2S2/c1-11(2)9-12(15-6-3-7-16-12)8-10(14-11)4-5-13/h5,10H,3-4,6-9H2,1-2H3/t10-/m0/s1. The van der Waals surface area contributed by atoms with Gasteiger partial charge in [-0.15, -0.1) is 23.5 Å². The fourth-order valence-electron chi connectivity index (χ4n) is 2.68. The molecular weight excluding hydrogens is 240 g/mol. The number of thioether (sulfide) groups is 2. The molecule has 2 saturated heterocycles. The Bertz CT molecular complexity index is 260. The largest absolute Gasteiger partial charge is 0.372 e. The summed E-state index contributed by atoms with van der Waals surface area (Å²) < 4.78 is 6.30. The van der Waals surface area contributed by atoms with E-state index in [0.29, 0.717) is 10.5 Å². The highest BCUT2D eigenvalue weighted by Crippen LogP contribution is 2.54. The number of rotatable bonds is 2. The lowest BCUT2D eigenvalue weighted by atomic mass is 9.93. The summed E-state index contributed by atoms with van der Waals surface area (Å²) in [5.41, 5.74) is -0.0801. The monoisotopic (exact) mass is 260 g/mol. The Morgan fingerprint density at radius 3 is 2.69 bits per heavy atom. The van der Waals surface area contributed by atoms with Gasteiger partial charge in [0.2, 0.25) is 0 Å². The van der Waals surface area contributed by atoms with Crippen LogP contribution in [0, 0.1) is 0 Å². The number of carbonyl (C=O) groups excluding carboxylic acids is 1. The van der Waals surface area contributed by atoms with Gasteiger partial charge in [-0.25, -0.2) is 0 Å². The molecule has 0 aliphatic carbocycles. The molecule has 0 bridgehead atoms. The minimum absolute atomic E-state index is 0.0801. The van der Waals surface area contributed by atoms with Gasteiger partial charge in [0.05, 0.1) is 15.8 Å². The minimum Gasteiger partial charge on any atom is -0.372 e. The summed E-state index contributed by atoms with van der Waals surface area (Å²) in [6.45, 7) is 4.31. The van der Waals surface area contributed by atoms with Crippen LogP contribution < -0.4 is 0 Å². The number of carbonyl (C=O) groups is 1. The Morgan fingerprint density at radius 1 is 1.38 bits per heavy atom. The SMILES string of the molecule is CC1(C)CC2(C[C@H](CC=O)O1)SCCCS2. The molecular formula is C12H20O2S2. The van der Waals surface area contributed by atoms with Gasteiger partial charge in [0.25, 0.3) is 0 Å². The van der Waals surface area contributed by atoms with E-state index in [0.717, 1.165) is 19.1 Å². The molecule has 4 heteroatoms. The molecule has 0 unspecified atom stereocenters. The highest BCUT2D eigenvalue weighted by molar-refractivity contribution is 8.18. The van der Waals surface area contributed by atoms with Crippen molar-refractivity contribution in [2.75, 3.05) is 11.5 Å². The third-order valence-electron chi connectivity index (χ3n) is 3.10. The molecule has 0 radical (unpaired) electrons. The van der Waals surface area contributed by atoms with Crippen LogP contribution in [-0.2, 0) is 9.53 Å². The molecule has 0 saturated carbocycles. The van der Waals surface area contributed by atoms with Crippen LogP contribution in [0.25, 0.3) is 0 Å². The third-order valence-corrected chi connectivity index (χ3v) is 6.46. The first-order chi connectivity index (χ1) is 7.55. The Hall–Kier alpha value is 0.330. The van der Waals surface area contributed by atoms with E-state index in [-0.39, 0.29) is 11.7 Å². The van der Waals surface area contributed by atoms with Crippen molar-refractivity contribution >= 4 is 29.8 Å². The fourth-order valence-corrected chi connectivity index (χ4v) is 6.52. The molecule has 0 aromatic carbocycles. The molecule has 2 aliphatic rings. The van der Waals surface area contributed by atoms with E-state index in [9.17, 15) is 4.79 Å². The van der Waals surface area contributed by atoms with Crippen LogP contribution >= 0.6 is 23.5 Å². The lowest BCUT2D eigenvalue weighted by Gasteiger charge is -2.48. The summed E-state index contributed by atoms with van der Waals surface area (Å²) in [5, 5.41) is 0. The van der Waals surface area contributed by atoms with Crippen LogP contribution in [0.1, 0.15) is 39.5 Å². The fraction of sp³-hybridized carbons (Fsp3) is 0.917. The van der Waals surface area contributed by atoms with Gasteiger partial charge in [-0.3, -0.25) is 0 Å². The van der Waals surface area contributed by atoms with Crippen molar-refractivity contribution in [3.63, 3.8) is 0 Å². The van der Waals surface area contributed by atoms with Gasteiger partial charge in [0.15, 0.2) is 0 Å². The van der Waals surface area contributed by atoms with Crippen LogP contribution in [0.15, 0.2) is 0 Å². The lowest BCUT2D eigenvalue weighted by molar-refractivity contribution is -0.125. The first kappa shape index (κ1) is 12.8. The van der Waals surface area contributed by atoms with Gasteiger partial charge < -0.3 is 9.53 Å². The second kappa shape index (κ2) is 4.91. The first-order valence-corrected chi connectivity index (χ1v) is 7.92. The van der Waals surface area contributed by atoms with E-state index < -0.39 is 0 Å². The van der Waals surface area contributed by atoms with Crippen molar-refractivity contribution in [3.05, 3.63) is 0 Å². The molecule has 0 amide bonds. The third kappa shape index (κ3) is 2.96. The van der Waals surface area contributed by atoms with Gasteiger partial charge in [-0.1, -0.05) is 0 Å². The molecule has 0 N–H and O–H groups in total. The smallest absolute Gasteiger partial charge is 0.122 e. The van der Waals surface area contributed by atoms with Gasteiger partial charge >= 0.3 is 0 Å². The maximum absolute atomic E-state index is 10.7. The van der Waals surface area contributed by atoms with Crippen LogP contribution in [0.4, 0.5) is 0 Å². The maximum Gasteiger partial charge on any atom is 0.122 e. The molecule has 2 aliphatic heterocycles. The molecule has 2 rings (SSSR count). The van der Waals surface area contributed by atoms with E-state index in [1.807, 2.05) is 0 Å². The van der Waals surface area contributed by atoms with Gasteiger partial charge in [-0.05, 0) is 44.6 Å². The molecule has 0 aromatic heterocycles. The first-order valence-electron chi connectivity index (χ1n) is 5.95. The Labute approximate surface area is 106 Å². The number of hydrogen-bond donors (Lipinski definition) is 0. The van der Waals surface area contributed by atoms with Crippen molar-refractivity contribution < 1.29 is 9.53 Å². The van der Waals surface area contributed by atoms with Crippen LogP contribution in [0.2, 0.25) is 0 Å². The lowest BCUT2D eigenvalue weighted by Crippen LogP contribution is -2.47. The minimum atomic E-state index is -0.0801. The summed E-state index contributed by atoms with van der Waals surface area (Å²) in [5.74, 6) is 2.52.